The molecule has 21 heteroatoms. The number of aliphatic hydroxyl groups is 1. The molecule has 0 amide bonds. The van der Waals surface area contributed by atoms with Crippen LogP contribution < -0.4 is 0 Å². The standard InChI is InChI=1S/C9H17NO3.C7H12N2O2.2C7H13NO2.C6H10N2O2.C6H9NO2/c1-7-8(12-6-5-11-4)9(2,3)13-10-7;1-5-6(9-10-4)7(2,3)11-8-5;1-5-6(9-4)7(2,3)10-8-5;1-5-7(4,9)6(2,3)10-8-5;1-4-5(7-9)6(2,3)10-8-4;1-4-5(8)6(2,3)9-7-4/h8H,5-6H2,1-4H3;1-4H3;6H,1-4H3;9H,1-4H3;9H,1-3H3;1-3H3/b;9-6-;;;7-5-;. The van der Waals surface area contributed by atoms with Crippen LogP contribution in [-0.2, 0) is 52.9 Å². The molecule has 0 spiro atoms. The lowest BCUT2D eigenvalue weighted by Crippen LogP contribution is -2.49. The Bertz CT molecular complexity index is 1820. The lowest BCUT2D eigenvalue weighted by molar-refractivity contribution is -0.128. The Kier molecular flexibility index (Phi) is 19.9. The number of oxime groups is 8. The van der Waals surface area contributed by atoms with Gasteiger partial charge in [0.2, 0.25) is 5.78 Å². The Morgan fingerprint density at radius 2 is 1.02 bits per heavy atom. The van der Waals surface area contributed by atoms with Gasteiger partial charge in [0, 0.05) is 14.2 Å². The highest BCUT2D eigenvalue weighted by molar-refractivity contribution is 6.45. The van der Waals surface area contributed by atoms with Crippen LogP contribution in [-0.4, -0.2) is 148 Å². The molecule has 0 aliphatic carbocycles. The normalized spacial score (nSPS) is 27.7. The summed E-state index contributed by atoms with van der Waals surface area (Å²) in [5.74, 6) is -0.0255. The Labute approximate surface area is 372 Å². The fraction of sp³-hybridized carbons (Fsp3) is 0.786. The lowest BCUT2D eigenvalue weighted by atomic mass is 9.85. The molecule has 6 rings (SSSR count). The van der Waals surface area contributed by atoms with Crippen LogP contribution in [0.4, 0.5) is 0 Å². The monoisotopic (exact) mass is 899 g/mol. The van der Waals surface area contributed by atoms with Crippen molar-refractivity contribution in [1.29, 1.82) is 0 Å². The molecule has 0 fully saturated rings. The molecule has 0 radical (unpaired) electrons. The van der Waals surface area contributed by atoms with Crippen molar-refractivity contribution in [2.75, 3.05) is 34.5 Å². The first-order valence-corrected chi connectivity index (χ1v) is 20.3. The molecule has 3 atom stereocenters. The summed E-state index contributed by atoms with van der Waals surface area (Å²) in [4.78, 5) is 45.8. The van der Waals surface area contributed by atoms with Gasteiger partial charge in [-0.1, -0.05) is 41.2 Å². The zero-order valence-electron chi connectivity index (χ0n) is 41.5. The van der Waals surface area contributed by atoms with E-state index in [0.29, 0.717) is 36.1 Å². The Hall–Kier alpha value is -4.73. The zero-order chi connectivity index (χ0) is 49.0. The molecule has 2 N–H and O–H groups in total. The number of ether oxygens (including phenoxy) is 3. The van der Waals surface area contributed by atoms with Gasteiger partial charge >= 0.3 is 0 Å². The highest BCUT2D eigenvalue weighted by Gasteiger charge is 2.49. The number of nitrogens with zero attached hydrogens (tertiary/aromatic N) is 8. The predicted octanol–water partition coefficient (Wildman–Crippen LogP) is 6.23. The summed E-state index contributed by atoms with van der Waals surface area (Å²) in [5.41, 5.74) is 1.66. The second-order valence-corrected chi connectivity index (χ2v) is 18.3. The van der Waals surface area contributed by atoms with E-state index in [1.165, 1.54) is 7.11 Å². The summed E-state index contributed by atoms with van der Waals surface area (Å²) >= 11 is 0. The molecule has 360 valence electrons. The average Bonchev–Trinajstić information content (AvgIpc) is 3.92. The van der Waals surface area contributed by atoms with Crippen LogP contribution >= 0.6 is 0 Å². The highest BCUT2D eigenvalue weighted by Crippen LogP contribution is 2.32. The summed E-state index contributed by atoms with van der Waals surface area (Å²) in [6, 6.07) is 0. The molecule has 6 aliphatic rings. The van der Waals surface area contributed by atoms with Crippen LogP contribution in [0, 0.1) is 0 Å². The SMILES string of the molecule is CC1=NOC(C)(C)/C1=N\O.CC1=NOC(C)(C)C1(C)O.CC1=NOC(C)(C)C1=O.CO/N=C1/C(C)=NOC1(C)C.COC1C(C)=NOC1(C)C.COCCOC1C(C)=NOC1(C)C. The highest BCUT2D eigenvalue weighted by atomic mass is 16.7. The zero-order valence-corrected chi connectivity index (χ0v) is 41.5. The maximum atomic E-state index is 11.0. The topological polar surface area (TPSA) is 249 Å². The number of hydrogen-bond acceptors (Lipinski definition) is 21. The maximum Gasteiger partial charge on any atom is 0.225 e. The van der Waals surface area contributed by atoms with E-state index in [1.807, 2.05) is 76.2 Å². The van der Waals surface area contributed by atoms with Crippen molar-refractivity contribution in [2.45, 2.75) is 183 Å². The number of carbonyl (C=O) groups excluding carboxylic acids is 1. The van der Waals surface area contributed by atoms with E-state index in [1.54, 1.807) is 69.6 Å². The summed E-state index contributed by atoms with van der Waals surface area (Å²) in [5, 5.41) is 47.6. The van der Waals surface area contributed by atoms with Gasteiger partial charge in [0.1, 0.15) is 53.5 Å². The molecular formula is C42H74N8O13. The van der Waals surface area contributed by atoms with Crippen molar-refractivity contribution in [3.8, 4) is 0 Å². The minimum Gasteiger partial charge on any atom is -0.410 e. The first kappa shape index (κ1) is 56.3. The molecule has 0 bridgehead atoms. The van der Waals surface area contributed by atoms with E-state index >= 15 is 0 Å². The van der Waals surface area contributed by atoms with Gasteiger partial charge in [0.25, 0.3) is 0 Å². The van der Waals surface area contributed by atoms with Gasteiger partial charge < -0.3 is 58.4 Å². The first-order chi connectivity index (χ1) is 28.7. The molecule has 0 saturated carbocycles. The number of ketones is 1. The van der Waals surface area contributed by atoms with Crippen LogP contribution in [0.1, 0.15) is 132 Å². The third-order valence-electron chi connectivity index (χ3n) is 10.2. The van der Waals surface area contributed by atoms with Crippen molar-refractivity contribution in [1.82, 2.24) is 0 Å². The number of methoxy groups -OCH3 is 2. The smallest absolute Gasteiger partial charge is 0.225 e. The van der Waals surface area contributed by atoms with Gasteiger partial charge in [-0.25, -0.2) is 0 Å². The summed E-state index contributed by atoms with van der Waals surface area (Å²) in [6.07, 6.45) is -0.0462. The Morgan fingerprint density at radius 3 is 1.24 bits per heavy atom. The molecule has 0 saturated heterocycles. The number of rotatable bonds is 6. The molecule has 21 nitrogen and oxygen atoms in total. The van der Waals surface area contributed by atoms with Crippen molar-refractivity contribution >= 4 is 51.5 Å². The van der Waals surface area contributed by atoms with Crippen LogP contribution in [0.5, 0.6) is 0 Å². The van der Waals surface area contributed by atoms with E-state index in [4.69, 9.17) is 48.4 Å². The second kappa shape index (κ2) is 22.3. The number of hydrogen-bond donors (Lipinski definition) is 2. The lowest BCUT2D eigenvalue weighted by Gasteiger charge is -2.29. The van der Waals surface area contributed by atoms with Crippen molar-refractivity contribution < 1.29 is 63.2 Å². The summed E-state index contributed by atoms with van der Waals surface area (Å²) < 4.78 is 15.7. The van der Waals surface area contributed by atoms with E-state index in [-0.39, 0.29) is 29.2 Å². The molecule has 0 aromatic carbocycles. The molecule has 3 unspecified atom stereocenters. The third kappa shape index (κ3) is 14.9. The van der Waals surface area contributed by atoms with Crippen molar-refractivity contribution in [3.63, 3.8) is 0 Å². The van der Waals surface area contributed by atoms with E-state index in [0.717, 1.165) is 22.8 Å². The van der Waals surface area contributed by atoms with Crippen LogP contribution in [0.2, 0.25) is 0 Å². The van der Waals surface area contributed by atoms with Gasteiger partial charge in [-0.05, 0) is 132 Å². The largest absolute Gasteiger partial charge is 0.410 e. The molecule has 6 aliphatic heterocycles. The third-order valence-corrected chi connectivity index (χ3v) is 10.2. The van der Waals surface area contributed by atoms with Gasteiger partial charge in [-0.2, -0.15) is 0 Å². The van der Waals surface area contributed by atoms with E-state index < -0.39 is 28.0 Å². The van der Waals surface area contributed by atoms with Crippen LogP contribution in [0.25, 0.3) is 0 Å². The Balaban J connectivity index is 0.000000379. The molecule has 0 aromatic heterocycles. The van der Waals surface area contributed by atoms with Gasteiger partial charge in [-0.3, -0.25) is 4.79 Å². The number of carbonyl (C=O) groups is 1. The molecular weight excluding hydrogens is 825 g/mol. The van der Waals surface area contributed by atoms with Gasteiger partial charge in [-0.15, -0.1) is 0 Å². The summed E-state index contributed by atoms with van der Waals surface area (Å²) in [7, 11) is 4.83. The number of Topliss-reactive ketones (excluding diaryl/α,β-unsaturated/α-hetero) is 1. The fourth-order valence-corrected chi connectivity index (χ4v) is 5.97. The molecule has 63 heavy (non-hydrogen) atoms. The quantitative estimate of drug-likeness (QED) is 0.171. The summed E-state index contributed by atoms with van der Waals surface area (Å²) in [6.45, 7) is 35.9. The van der Waals surface area contributed by atoms with Gasteiger partial charge in [0.15, 0.2) is 33.6 Å². The van der Waals surface area contributed by atoms with Crippen LogP contribution in [0.3, 0.4) is 0 Å². The van der Waals surface area contributed by atoms with Crippen molar-refractivity contribution in [3.05, 3.63) is 0 Å². The molecule has 0 aromatic rings. The van der Waals surface area contributed by atoms with Crippen LogP contribution in [0.15, 0.2) is 41.2 Å². The first-order valence-electron chi connectivity index (χ1n) is 20.3. The minimum atomic E-state index is -0.924. The maximum absolute atomic E-state index is 11.0. The predicted molar refractivity (Wildman–Crippen MR) is 241 cm³/mol. The van der Waals surface area contributed by atoms with E-state index in [2.05, 4.69) is 46.1 Å². The fourth-order valence-electron chi connectivity index (χ4n) is 5.97. The van der Waals surface area contributed by atoms with Crippen molar-refractivity contribution in [2.24, 2.45) is 41.2 Å². The second-order valence-electron chi connectivity index (χ2n) is 18.3. The average molecular weight is 899 g/mol. The van der Waals surface area contributed by atoms with Gasteiger partial charge in [0.05, 0.1) is 30.3 Å². The molecule has 6 heterocycles. The van der Waals surface area contributed by atoms with E-state index in [9.17, 15) is 9.90 Å². The minimum absolute atomic E-state index is 0.00694. The Morgan fingerprint density at radius 1 is 0.571 bits per heavy atom.